The van der Waals surface area contributed by atoms with E-state index in [1.54, 1.807) is 12.1 Å². The number of nitrogens with one attached hydrogen (secondary N) is 1. The summed E-state index contributed by atoms with van der Waals surface area (Å²) in [6.07, 6.45) is 1.44. The Kier molecular flexibility index (Phi) is 2.25. The van der Waals surface area contributed by atoms with Gasteiger partial charge in [-0.15, -0.1) is 0 Å². The van der Waals surface area contributed by atoms with Crippen LogP contribution >= 0.6 is 0 Å². The largest absolute Gasteiger partial charge is 0.398 e. The monoisotopic (exact) mass is 204 g/mol. The number of H-pyrrole nitrogens is 1. The van der Waals surface area contributed by atoms with Crippen molar-refractivity contribution in [2.75, 3.05) is 5.73 Å². The van der Waals surface area contributed by atoms with Crippen molar-refractivity contribution in [3.8, 4) is 11.1 Å². The first-order chi connectivity index (χ1) is 7.18. The summed E-state index contributed by atoms with van der Waals surface area (Å²) in [5.41, 5.74) is 6.65. The smallest absolute Gasteiger partial charge is 0.247 e. The van der Waals surface area contributed by atoms with Gasteiger partial charge in [0.05, 0.1) is 0 Å². The average molecular weight is 204 g/mol. The van der Waals surface area contributed by atoms with Crippen LogP contribution < -0.4 is 11.3 Å². The van der Waals surface area contributed by atoms with Gasteiger partial charge in [-0.1, -0.05) is 6.07 Å². The first-order valence-corrected chi connectivity index (χ1v) is 4.41. The first-order valence-electron chi connectivity index (χ1n) is 4.41. The summed E-state index contributed by atoms with van der Waals surface area (Å²) < 4.78 is 13.5. The van der Waals surface area contributed by atoms with Crippen LogP contribution in [0.2, 0.25) is 0 Å². The van der Waals surface area contributed by atoms with Gasteiger partial charge >= 0.3 is 0 Å². The SMILES string of the molecule is Nc1cccc(F)c1-c1ccc(=O)[nH]c1. The second-order valence-corrected chi connectivity index (χ2v) is 3.15. The third kappa shape index (κ3) is 1.74. The fourth-order valence-corrected chi connectivity index (χ4v) is 1.41. The number of aromatic amines is 1. The number of benzene rings is 1. The second kappa shape index (κ2) is 3.57. The van der Waals surface area contributed by atoms with Gasteiger partial charge in [0, 0.05) is 29.1 Å². The van der Waals surface area contributed by atoms with Crippen LogP contribution in [0.4, 0.5) is 10.1 Å². The highest BCUT2D eigenvalue weighted by molar-refractivity contribution is 5.76. The van der Waals surface area contributed by atoms with E-state index in [1.165, 1.54) is 24.4 Å². The van der Waals surface area contributed by atoms with Gasteiger partial charge in [-0.05, 0) is 18.2 Å². The zero-order chi connectivity index (χ0) is 10.8. The predicted molar refractivity (Wildman–Crippen MR) is 56.9 cm³/mol. The molecule has 2 aromatic rings. The summed E-state index contributed by atoms with van der Waals surface area (Å²) in [5.74, 6) is -0.401. The van der Waals surface area contributed by atoms with Crippen molar-refractivity contribution in [1.29, 1.82) is 0 Å². The normalized spacial score (nSPS) is 10.2. The molecule has 0 aliphatic carbocycles. The molecule has 0 radical (unpaired) electrons. The average Bonchev–Trinajstić information content (AvgIpc) is 2.20. The molecule has 0 aliphatic heterocycles. The molecule has 0 saturated heterocycles. The number of nitrogens with two attached hydrogens (primary N) is 1. The lowest BCUT2D eigenvalue weighted by molar-refractivity contribution is 0.632. The van der Waals surface area contributed by atoms with E-state index in [0.717, 1.165) is 0 Å². The van der Waals surface area contributed by atoms with Crippen molar-refractivity contribution in [2.24, 2.45) is 0 Å². The quantitative estimate of drug-likeness (QED) is 0.695. The van der Waals surface area contributed by atoms with Gasteiger partial charge in [0.2, 0.25) is 5.56 Å². The Hall–Kier alpha value is -2.10. The Morgan fingerprint density at radius 3 is 2.60 bits per heavy atom. The van der Waals surface area contributed by atoms with Crippen LogP contribution in [0.3, 0.4) is 0 Å². The van der Waals surface area contributed by atoms with Crippen LogP contribution in [0.1, 0.15) is 0 Å². The summed E-state index contributed by atoms with van der Waals surface area (Å²) in [5, 5.41) is 0. The minimum atomic E-state index is -0.401. The number of pyridine rings is 1. The van der Waals surface area contributed by atoms with Crippen LogP contribution in [-0.4, -0.2) is 4.98 Å². The van der Waals surface area contributed by atoms with Crippen molar-refractivity contribution in [2.45, 2.75) is 0 Å². The molecule has 0 amide bonds. The predicted octanol–water partition coefficient (Wildman–Crippen LogP) is 1.76. The van der Waals surface area contributed by atoms with Gasteiger partial charge in [-0.25, -0.2) is 4.39 Å². The van der Waals surface area contributed by atoms with Gasteiger partial charge in [-0.3, -0.25) is 4.79 Å². The Morgan fingerprint density at radius 2 is 2.00 bits per heavy atom. The van der Waals surface area contributed by atoms with E-state index >= 15 is 0 Å². The van der Waals surface area contributed by atoms with E-state index in [0.29, 0.717) is 16.8 Å². The van der Waals surface area contributed by atoms with Crippen molar-refractivity contribution in [1.82, 2.24) is 4.98 Å². The van der Waals surface area contributed by atoms with E-state index in [1.807, 2.05) is 0 Å². The molecule has 3 N–H and O–H groups in total. The summed E-state index contributed by atoms with van der Waals surface area (Å²) in [4.78, 5) is 13.3. The van der Waals surface area contributed by atoms with Crippen LogP contribution in [0.15, 0.2) is 41.3 Å². The lowest BCUT2D eigenvalue weighted by Gasteiger charge is -2.05. The van der Waals surface area contributed by atoms with Crippen LogP contribution in [0.25, 0.3) is 11.1 Å². The van der Waals surface area contributed by atoms with E-state index < -0.39 is 5.82 Å². The Balaban J connectivity index is 2.63. The fraction of sp³-hybridized carbons (Fsp3) is 0. The maximum Gasteiger partial charge on any atom is 0.247 e. The fourth-order valence-electron chi connectivity index (χ4n) is 1.41. The van der Waals surface area contributed by atoms with E-state index in [4.69, 9.17) is 5.73 Å². The summed E-state index contributed by atoms with van der Waals surface area (Å²) >= 11 is 0. The molecule has 0 unspecified atom stereocenters. The van der Waals surface area contributed by atoms with Crippen molar-refractivity contribution >= 4 is 5.69 Å². The zero-order valence-electron chi connectivity index (χ0n) is 7.83. The molecule has 1 heterocycles. The third-order valence-corrected chi connectivity index (χ3v) is 2.12. The Labute approximate surface area is 85.4 Å². The van der Waals surface area contributed by atoms with Crippen LogP contribution in [0.5, 0.6) is 0 Å². The molecular weight excluding hydrogens is 195 g/mol. The summed E-state index contributed by atoms with van der Waals surface area (Å²) in [6.45, 7) is 0. The van der Waals surface area contributed by atoms with Crippen molar-refractivity contribution < 1.29 is 4.39 Å². The minimum absolute atomic E-state index is 0.228. The van der Waals surface area contributed by atoms with E-state index in [-0.39, 0.29) is 5.56 Å². The highest BCUT2D eigenvalue weighted by Gasteiger charge is 2.07. The highest BCUT2D eigenvalue weighted by Crippen LogP contribution is 2.27. The number of hydrogen-bond acceptors (Lipinski definition) is 2. The van der Waals surface area contributed by atoms with E-state index in [9.17, 15) is 9.18 Å². The van der Waals surface area contributed by atoms with Gasteiger partial charge < -0.3 is 10.7 Å². The topological polar surface area (TPSA) is 58.9 Å². The maximum absolute atomic E-state index is 13.5. The van der Waals surface area contributed by atoms with Gasteiger partial charge in [-0.2, -0.15) is 0 Å². The molecule has 4 heteroatoms. The molecule has 1 aromatic heterocycles. The molecule has 0 atom stereocenters. The van der Waals surface area contributed by atoms with Crippen LogP contribution in [-0.2, 0) is 0 Å². The van der Waals surface area contributed by atoms with Gasteiger partial charge in [0.1, 0.15) is 5.82 Å². The second-order valence-electron chi connectivity index (χ2n) is 3.15. The molecule has 1 aromatic carbocycles. The van der Waals surface area contributed by atoms with Crippen molar-refractivity contribution in [3.05, 3.63) is 52.7 Å². The molecule has 76 valence electrons. The number of nitrogen functional groups attached to an aromatic ring is 1. The lowest BCUT2D eigenvalue weighted by Crippen LogP contribution is -2.02. The van der Waals surface area contributed by atoms with E-state index in [2.05, 4.69) is 4.98 Å². The first kappa shape index (κ1) is 9.45. The third-order valence-electron chi connectivity index (χ3n) is 2.12. The number of anilines is 1. The summed E-state index contributed by atoms with van der Waals surface area (Å²) in [7, 11) is 0. The van der Waals surface area contributed by atoms with Gasteiger partial charge in [0.15, 0.2) is 0 Å². The number of aromatic nitrogens is 1. The van der Waals surface area contributed by atoms with Crippen molar-refractivity contribution in [3.63, 3.8) is 0 Å². The molecule has 3 nitrogen and oxygen atoms in total. The molecule has 0 spiro atoms. The molecule has 15 heavy (non-hydrogen) atoms. The van der Waals surface area contributed by atoms with Gasteiger partial charge in [0.25, 0.3) is 0 Å². The molecule has 2 rings (SSSR count). The molecule has 0 bridgehead atoms. The number of hydrogen-bond donors (Lipinski definition) is 2. The zero-order valence-corrected chi connectivity index (χ0v) is 7.83. The highest BCUT2D eigenvalue weighted by atomic mass is 19.1. The maximum atomic E-state index is 13.5. The lowest BCUT2D eigenvalue weighted by atomic mass is 10.1. The molecule has 0 fully saturated rings. The number of rotatable bonds is 1. The van der Waals surface area contributed by atoms with Crippen LogP contribution in [0, 0.1) is 5.82 Å². The number of halogens is 1. The molecule has 0 saturated carbocycles. The standard InChI is InChI=1S/C11H9FN2O/c12-8-2-1-3-9(13)11(8)7-4-5-10(15)14-6-7/h1-6H,13H2,(H,14,15). The minimum Gasteiger partial charge on any atom is -0.398 e. The Morgan fingerprint density at radius 1 is 1.20 bits per heavy atom. The summed E-state index contributed by atoms with van der Waals surface area (Å²) in [6, 6.07) is 7.36. The Bertz CT molecular complexity index is 508. The molecular formula is C11H9FN2O. The molecule has 0 aliphatic rings.